The summed E-state index contributed by atoms with van der Waals surface area (Å²) in [6.45, 7) is 1.99. The van der Waals surface area contributed by atoms with E-state index in [1.807, 2.05) is 61.5 Å². The van der Waals surface area contributed by atoms with Crippen LogP contribution in [0.4, 0.5) is 5.69 Å². The molecule has 0 aliphatic carbocycles. The summed E-state index contributed by atoms with van der Waals surface area (Å²) in [6.07, 6.45) is 0.406. The van der Waals surface area contributed by atoms with Gasteiger partial charge in [0.1, 0.15) is 0 Å². The lowest BCUT2D eigenvalue weighted by atomic mass is 9.88. The Morgan fingerprint density at radius 1 is 0.920 bits per heavy atom. The quantitative estimate of drug-likeness (QED) is 0.572. The lowest BCUT2D eigenvalue weighted by Gasteiger charge is -2.18. The highest BCUT2D eigenvalue weighted by Crippen LogP contribution is 2.29. The predicted octanol–water partition coefficient (Wildman–Crippen LogP) is 5.92. The van der Waals surface area contributed by atoms with Crippen LogP contribution < -0.4 is 5.32 Å². The Hall–Kier alpha value is -2.39. The Labute approximate surface area is 157 Å². The van der Waals surface area contributed by atoms with Crippen molar-refractivity contribution in [2.45, 2.75) is 19.3 Å². The molecule has 0 fully saturated rings. The van der Waals surface area contributed by atoms with Crippen LogP contribution >= 0.6 is 15.9 Å². The van der Waals surface area contributed by atoms with Crippen LogP contribution in [0.1, 0.15) is 29.0 Å². The first-order valence-corrected chi connectivity index (χ1v) is 9.08. The number of halogens is 1. The Morgan fingerprint density at radius 3 is 2.00 bits per heavy atom. The van der Waals surface area contributed by atoms with E-state index in [1.54, 1.807) is 0 Å². The first kappa shape index (κ1) is 17.4. The van der Waals surface area contributed by atoms with Gasteiger partial charge < -0.3 is 5.32 Å². The second-order valence-electron chi connectivity index (χ2n) is 6.09. The largest absolute Gasteiger partial charge is 0.326 e. The molecule has 0 saturated heterocycles. The molecular weight excluding hydrogens is 374 g/mol. The third-order valence-corrected chi connectivity index (χ3v) is 4.75. The number of carbonyl (C=O) groups is 1. The fourth-order valence-corrected chi connectivity index (χ4v) is 3.43. The van der Waals surface area contributed by atoms with Gasteiger partial charge in [-0.3, -0.25) is 4.79 Å². The van der Waals surface area contributed by atoms with Crippen molar-refractivity contribution in [2.75, 3.05) is 5.32 Å². The van der Waals surface area contributed by atoms with Crippen LogP contribution in [0.2, 0.25) is 0 Å². The second-order valence-corrected chi connectivity index (χ2v) is 7.00. The van der Waals surface area contributed by atoms with E-state index in [4.69, 9.17) is 0 Å². The summed E-state index contributed by atoms with van der Waals surface area (Å²) < 4.78 is 1.01. The molecule has 25 heavy (non-hydrogen) atoms. The average Bonchev–Trinajstić information content (AvgIpc) is 2.63. The molecule has 2 nitrogen and oxygen atoms in total. The summed E-state index contributed by atoms with van der Waals surface area (Å²) in [5, 5.41) is 3.05. The van der Waals surface area contributed by atoms with Gasteiger partial charge in [-0.05, 0) is 41.8 Å². The van der Waals surface area contributed by atoms with Crippen molar-refractivity contribution in [3.63, 3.8) is 0 Å². The molecule has 3 rings (SSSR count). The van der Waals surface area contributed by atoms with E-state index < -0.39 is 0 Å². The topological polar surface area (TPSA) is 29.1 Å². The number of benzene rings is 3. The van der Waals surface area contributed by atoms with Gasteiger partial charge in [-0.1, -0.05) is 76.6 Å². The molecule has 1 N–H and O–H groups in total. The number of hydrogen-bond acceptors (Lipinski definition) is 1. The van der Waals surface area contributed by atoms with E-state index in [0.29, 0.717) is 6.42 Å². The summed E-state index contributed by atoms with van der Waals surface area (Å²) in [6, 6.07) is 26.2. The van der Waals surface area contributed by atoms with Crippen LogP contribution in [0, 0.1) is 6.92 Å². The predicted molar refractivity (Wildman–Crippen MR) is 107 cm³/mol. The van der Waals surface area contributed by atoms with Crippen molar-refractivity contribution >= 4 is 27.5 Å². The first-order valence-electron chi connectivity index (χ1n) is 8.29. The minimum atomic E-state index is 0.0168. The van der Waals surface area contributed by atoms with Crippen LogP contribution in [0.15, 0.2) is 83.3 Å². The van der Waals surface area contributed by atoms with Gasteiger partial charge in [-0.2, -0.15) is 0 Å². The molecule has 0 aliphatic rings. The van der Waals surface area contributed by atoms with E-state index >= 15 is 0 Å². The van der Waals surface area contributed by atoms with Gasteiger partial charge in [0.25, 0.3) is 0 Å². The molecule has 126 valence electrons. The summed E-state index contributed by atoms with van der Waals surface area (Å²) >= 11 is 3.45. The maximum Gasteiger partial charge on any atom is 0.225 e. The summed E-state index contributed by atoms with van der Waals surface area (Å²) in [4.78, 5) is 12.7. The molecule has 3 aromatic rings. The molecule has 0 aliphatic heterocycles. The third kappa shape index (κ3) is 4.58. The third-order valence-electron chi connectivity index (χ3n) is 4.26. The smallest absolute Gasteiger partial charge is 0.225 e. The zero-order valence-electron chi connectivity index (χ0n) is 14.1. The Balaban J connectivity index is 1.82. The highest BCUT2D eigenvalue weighted by molar-refractivity contribution is 9.10. The maximum absolute atomic E-state index is 12.7. The maximum atomic E-state index is 12.7. The van der Waals surface area contributed by atoms with Crippen LogP contribution in [-0.2, 0) is 4.79 Å². The Kier molecular flexibility index (Phi) is 5.67. The molecule has 0 bridgehead atoms. The summed E-state index contributed by atoms with van der Waals surface area (Å²) in [7, 11) is 0. The number of nitrogens with one attached hydrogen (secondary N) is 1. The lowest BCUT2D eigenvalue weighted by Crippen LogP contribution is -2.17. The molecule has 0 atom stereocenters. The molecule has 1 amide bonds. The van der Waals surface area contributed by atoms with Crippen LogP contribution in [0.3, 0.4) is 0 Å². The zero-order chi connectivity index (χ0) is 17.6. The van der Waals surface area contributed by atoms with Crippen molar-refractivity contribution in [1.82, 2.24) is 0 Å². The van der Waals surface area contributed by atoms with E-state index in [1.165, 1.54) is 0 Å². The highest BCUT2D eigenvalue weighted by Gasteiger charge is 2.18. The van der Waals surface area contributed by atoms with Crippen molar-refractivity contribution < 1.29 is 4.79 Å². The van der Waals surface area contributed by atoms with Gasteiger partial charge in [0.2, 0.25) is 5.91 Å². The standard InChI is InChI=1S/C22H20BrNO/c1-16-14-19(23)12-13-21(16)24-22(25)15-20(17-8-4-2-5-9-17)18-10-6-3-7-11-18/h2-14,20H,15H2,1H3,(H,24,25). The Morgan fingerprint density at radius 2 is 1.48 bits per heavy atom. The van der Waals surface area contributed by atoms with Gasteiger partial charge in [-0.25, -0.2) is 0 Å². The number of rotatable bonds is 5. The van der Waals surface area contributed by atoms with Gasteiger partial charge in [-0.15, -0.1) is 0 Å². The van der Waals surface area contributed by atoms with Gasteiger partial charge in [0.15, 0.2) is 0 Å². The molecule has 0 saturated carbocycles. The normalized spacial score (nSPS) is 10.7. The SMILES string of the molecule is Cc1cc(Br)ccc1NC(=O)CC(c1ccccc1)c1ccccc1. The number of aryl methyl sites for hydroxylation is 1. The average molecular weight is 394 g/mol. The van der Waals surface area contributed by atoms with Crippen molar-refractivity contribution in [3.05, 3.63) is 100 Å². The minimum absolute atomic E-state index is 0.0168. The fraction of sp³-hybridized carbons (Fsp3) is 0.136. The van der Waals surface area contributed by atoms with Gasteiger partial charge in [0.05, 0.1) is 0 Å². The monoisotopic (exact) mass is 393 g/mol. The van der Waals surface area contributed by atoms with E-state index in [-0.39, 0.29) is 11.8 Å². The highest BCUT2D eigenvalue weighted by atomic mass is 79.9. The number of amides is 1. The van der Waals surface area contributed by atoms with E-state index in [9.17, 15) is 4.79 Å². The number of hydrogen-bond donors (Lipinski definition) is 1. The molecule has 3 aromatic carbocycles. The number of anilines is 1. The van der Waals surface area contributed by atoms with Gasteiger partial charge >= 0.3 is 0 Å². The molecule has 3 heteroatoms. The number of carbonyl (C=O) groups excluding carboxylic acids is 1. The van der Waals surface area contributed by atoms with Gasteiger partial charge in [0, 0.05) is 22.5 Å². The molecule has 0 aromatic heterocycles. The first-order chi connectivity index (χ1) is 12.1. The molecular formula is C22H20BrNO. The molecule has 0 heterocycles. The van der Waals surface area contributed by atoms with Crippen molar-refractivity contribution in [3.8, 4) is 0 Å². The minimum Gasteiger partial charge on any atom is -0.326 e. The molecule has 0 radical (unpaired) electrons. The van der Waals surface area contributed by atoms with Crippen LogP contribution in [0.25, 0.3) is 0 Å². The Bertz CT molecular complexity index is 807. The van der Waals surface area contributed by atoms with Crippen LogP contribution in [-0.4, -0.2) is 5.91 Å². The van der Waals surface area contributed by atoms with E-state index in [2.05, 4.69) is 45.5 Å². The fourth-order valence-electron chi connectivity index (χ4n) is 2.95. The molecule has 0 spiro atoms. The lowest BCUT2D eigenvalue weighted by molar-refractivity contribution is -0.116. The summed E-state index contributed by atoms with van der Waals surface area (Å²) in [5.74, 6) is 0.0567. The second kappa shape index (κ2) is 8.13. The van der Waals surface area contributed by atoms with Crippen LogP contribution in [0.5, 0.6) is 0 Å². The van der Waals surface area contributed by atoms with E-state index in [0.717, 1.165) is 26.9 Å². The summed E-state index contributed by atoms with van der Waals surface area (Å²) in [5.41, 5.74) is 4.19. The molecule has 0 unspecified atom stereocenters. The van der Waals surface area contributed by atoms with Crippen molar-refractivity contribution in [1.29, 1.82) is 0 Å². The van der Waals surface area contributed by atoms with Crippen molar-refractivity contribution in [2.24, 2.45) is 0 Å². The zero-order valence-corrected chi connectivity index (χ0v) is 15.7.